The molecule has 1 unspecified atom stereocenters. The molecule has 1 amide bonds. The van der Waals surface area contributed by atoms with Gasteiger partial charge < -0.3 is 0 Å². The van der Waals surface area contributed by atoms with Crippen molar-refractivity contribution in [2.45, 2.75) is 42.2 Å². The maximum absolute atomic E-state index is 12.0. The molecule has 0 aromatic carbocycles. The van der Waals surface area contributed by atoms with E-state index in [1.807, 2.05) is 6.92 Å². The van der Waals surface area contributed by atoms with Crippen molar-refractivity contribution in [2.24, 2.45) is 4.99 Å². The van der Waals surface area contributed by atoms with Gasteiger partial charge in [0.15, 0.2) is 0 Å². The normalized spacial score (nSPS) is 27.5. The number of halogens is 1. The molecule has 1 saturated carbocycles. The Kier molecular flexibility index (Phi) is 2.33. The zero-order chi connectivity index (χ0) is 9.47. The molecule has 1 fully saturated rings. The van der Waals surface area contributed by atoms with Crippen LogP contribution in [0.2, 0.25) is 0 Å². The van der Waals surface area contributed by atoms with Crippen molar-refractivity contribution in [3.8, 4) is 0 Å². The van der Waals surface area contributed by atoms with E-state index in [-0.39, 0.29) is 15.5 Å². The summed E-state index contributed by atoms with van der Waals surface area (Å²) >= 11 is 2.24. The van der Waals surface area contributed by atoms with E-state index < -0.39 is 0 Å². The number of rotatable bonds is 1. The molecule has 3 nitrogen and oxygen atoms in total. The van der Waals surface area contributed by atoms with Crippen LogP contribution in [0.15, 0.2) is 4.99 Å². The molecule has 13 heavy (non-hydrogen) atoms. The number of carbonyl (C=O) groups excluding carboxylic acids is 1. The average molecular weight is 292 g/mol. The number of alkyl halides is 1. The summed E-state index contributed by atoms with van der Waals surface area (Å²) in [4.78, 5) is 18.1. The van der Waals surface area contributed by atoms with Crippen molar-refractivity contribution in [2.75, 3.05) is 0 Å². The van der Waals surface area contributed by atoms with Gasteiger partial charge in [0.25, 0.3) is 5.91 Å². The van der Waals surface area contributed by atoms with E-state index in [1.165, 1.54) is 0 Å². The fourth-order valence-corrected chi connectivity index (χ4v) is 2.47. The minimum Gasteiger partial charge on any atom is -0.289 e. The first-order valence-electron chi connectivity index (χ1n) is 4.68. The zero-order valence-corrected chi connectivity index (χ0v) is 9.82. The van der Waals surface area contributed by atoms with E-state index in [0.29, 0.717) is 0 Å². The second-order valence-corrected chi connectivity index (χ2v) is 5.57. The minimum atomic E-state index is -0.348. The Balaban J connectivity index is 2.20. The topological polar surface area (TPSA) is 32.7 Å². The van der Waals surface area contributed by atoms with Crippen molar-refractivity contribution >= 4 is 34.8 Å². The van der Waals surface area contributed by atoms with Gasteiger partial charge in [0.05, 0.1) is 10.4 Å². The first-order valence-corrected chi connectivity index (χ1v) is 5.92. The Hall–Kier alpha value is -0.130. The summed E-state index contributed by atoms with van der Waals surface area (Å²) in [6, 6.07) is 0. The van der Waals surface area contributed by atoms with Crippen LogP contribution in [-0.2, 0) is 4.79 Å². The maximum Gasteiger partial charge on any atom is 0.256 e. The lowest BCUT2D eigenvalue weighted by atomic mass is 9.98. The molecule has 1 aliphatic heterocycles. The molecule has 1 aliphatic carbocycles. The Morgan fingerprint density at radius 3 is 2.69 bits per heavy atom. The van der Waals surface area contributed by atoms with Crippen molar-refractivity contribution in [1.29, 1.82) is 0 Å². The van der Waals surface area contributed by atoms with Gasteiger partial charge in [-0.1, -0.05) is 35.4 Å². The summed E-state index contributed by atoms with van der Waals surface area (Å²) in [5, 5.41) is 0. The van der Waals surface area contributed by atoms with Crippen LogP contribution >= 0.6 is 22.6 Å². The third kappa shape index (κ3) is 1.39. The maximum atomic E-state index is 12.0. The Morgan fingerprint density at radius 2 is 2.23 bits per heavy atom. The first kappa shape index (κ1) is 9.43. The molecule has 1 heterocycles. The quantitative estimate of drug-likeness (QED) is 0.413. The van der Waals surface area contributed by atoms with Crippen molar-refractivity contribution in [3.63, 3.8) is 0 Å². The molecule has 72 valence electrons. The van der Waals surface area contributed by atoms with Gasteiger partial charge in [-0.3, -0.25) is 14.7 Å². The lowest BCUT2D eigenvalue weighted by Gasteiger charge is -2.22. The molecule has 0 aromatic heterocycles. The number of aliphatic imine (C=N–C) groups is 1. The predicted molar refractivity (Wildman–Crippen MR) is 60.0 cm³/mol. The molecule has 2 aliphatic rings. The smallest absolute Gasteiger partial charge is 0.256 e. The minimum absolute atomic E-state index is 0.215. The molecule has 0 radical (unpaired) electrons. The molecule has 1 atom stereocenters. The molecular weight excluding hydrogens is 279 g/mol. The third-order valence-electron chi connectivity index (χ3n) is 2.88. The first-order chi connectivity index (χ1) is 6.16. The number of hydrogen-bond acceptors (Lipinski definition) is 2. The van der Waals surface area contributed by atoms with Crippen LogP contribution in [0.4, 0.5) is 0 Å². The highest BCUT2D eigenvalue weighted by Gasteiger charge is 2.47. The Bertz CT molecular complexity index is 256. The monoisotopic (exact) mass is 292 g/mol. The van der Waals surface area contributed by atoms with Crippen molar-refractivity contribution in [3.05, 3.63) is 0 Å². The van der Waals surface area contributed by atoms with E-state index in [0.717, 1.165) is 25.7 Å². The summed E-state index contributed by atoms with van der Waals surface area (Å²) in [6.07, 6.45) is 5.91. The second kappa shape index (κ2) is 3.22. The SMILES string of the molecule is CC(I)N1C=NC2(CCCC2)C1=O. The van der Waals surface area contributed by atoms with Crippen LogP contribution in [0.3, 0.4) is 0 Å². The molecular formula is C9H13IN2O. The van der Waals surface area contributed by atoms with Gasteiger partial charge in [-0.2, -0.15) is 0 Å². The molecule has 0 saturated heterocycles. The molecule has 1 spiro atoms. The van der Waals surface area contributed by atoms with E-state index >= 15 is 0 Å². The van der Waals surface area contributed by atoms with Crippen LogP contribution in [0.25, 0.3) is 0 Å². The fraction of sp³-hybridized carbons (Fsp3) is 0.778. The van der Waals surface area contributed by atoms with E-state index in [9.17, 15) is 4.79 Å². The van der Waals surface area contributed by atoms with Crippen LogP contribution in [0.5, 0.6) is 0 Å². The highest BCUT2D eigenvalue weighted by Crippen LogP contribution is 2.38. The lowest BCUT2D eigenvalue weighted by molar-refractivity contribution is -0.130. The highest BCUT2D eigenvalue weighted by molar-refractivity contribution is 14.1. The van der Waals surface area contributed by atoms with Crippen LogP contribution < -0.4 is 0 Å². The Morgan fingerprint density at radius 1 is 1.62 bits per heavy atom. The molecule has 2 rings (SSSR count). The number of amides is 1. The Labute approximate surface area is 91.7 Å². The summed E-state index contributed by atoms with van der Waals surface area (Å²) in [7, 11) is 0. The van der Waals surface area contributed by atoms with Gasteiger partial charge >= 0.3 is 0 Å². The molecule has 0 bridgehead atoms. The number of nitrogens with zero attached hydrogens (tertiary/aromatic N) is 2. The summed E-state index contributed by atoms with van der Waals surface area (Å²) < 4.78 is 0.217. The standard InChI is InChI=1S/C9H13IN2O/c1-7(10)12-6-11-9(8(12)13)4-2-3-5-9/h6-7H,2-5H2,1H3. The molecule has 0 N–H and O–H groups in total. The number of carbonyl (C=O) groups is 1. The van der Waals surface area contributed by atoms with E-state index in [1.54, 1.807) is 11.2 Å². The van der Waals surface area contributed by atoms with Crippen molar-refractivity contribution < 1.29 is 4.79 Å². The van der Waals surface area contributed by atoms with E-state index in [4.69, 9.17) is 0 Å². The largest absolute Gasteiger partial charge is 0.289 e. The van der Waals surface area contributed by atoms with Gasteiger partial charge in [0, 0.05) is 0 Å². The van der Waals surface area contributed by atoms with Gasteiger partial charge in [0.1, 0.15) is 5.54 Å². The summed E-state index contributed by atoms with van der Waals surface area (Å²) in [5.41, 5.74) is -0.348. The lowest BCUT2D eigenvalue weighted by Crippen LogP contribution is -2.41. The predicted octanol–water partition coefficient (Wildman–Crippen LogP) is 1.95. The van der Waals surface area contributed by atoms with Gasteiger partial charge in [0.2, 0.25) is 0 Å². The third-order valence-corrected chi connectivity index (χ3v) is 3.48. The van der Waals surface area contributed by atoms with Gasteiger partial charge in [-0.25, -0.2) is 0 Å². The van der Waals surface area contributed by atoms with Crippen LogP contribution in [-0.4, -0.2) is 26.7 Å². The second-order valence-electron chi connectivity index (χ2n) is 3.77. The van der Waals surface area contributed by atoms with Gasteiger partial charge in [-0.15, -0.1) is 0 Å². The average Bonchev–Trinajstić information content (AvgIpc) is 2.64. The highest BCUT2D eigenvalue weighted by atomic mass is 127. The fourth-order valence-electron chi connectivity index (χ4n) is 2.08. The van der Waals surface area contributed by atoms with E-state index in [2.05, 4.69) is 27.6 Å². The van der Waals surface area contributed by atoms with Crippen LogP contribution in [0.1, 0.15) is 32.6 Å². The summed E-state index contributed by atoms with van der Waals surface area (Å²) in [6.45, 7) is 2.01. The summed E-state index contributed by atoms with van der Waals surface area (Å²) in [5.74, 6) is 0.215. The molecule has 4 heteroatoms. The van der Waals surface area contributed by atoms with Gasteiger partial charge in [-0.05, 0) is 19.8 Å². The number of hydrogen-bond donors (Lipinski definition) is 0. The molecule has 0 aromatic rings. The zero-order valence-electron chi connectivity index (χ0n) is 7.66. The van der Waals surface area contributed by atoms with Crippen LogP contribution in [0, 0.1) is 0 Å². The van der Waals surface area contributed by atoms with Crippen molar-refractivity contribution in [1.82, 2.24) is 4.90 Å².